The maximum atomic E-state index is 11.7. The van der Waals surface area contributed by atoms with E-state index in [4.69, 9.17) is 10.1 Å². The van der Waals surface area contributed by atoms with E-state index in [-0.39, 0.29) is 22.2 Å². The van der Waals surface area contributed by atoms with E-state index in [0.717, 1.165) is 5.82 Å². The minimum Gasteiger partial charge on any atom is -0.293 e. The van der Waals surface area contributed by atoms with E-state index in [1.54, 1.807) is 0 Å². The molecule has 5 heteroatoms. The Morgan fingerprint density at radius 1 is 0.938 bits per heavy atom. The summed E-state index contributed by atoms with van der Waals surface area (Å²) in [6.45, 7) is 13.9. The first-order valence-corrected chi connectivity index (χ1v) is 12.6. The fraction of sp³-hybridized carbons (Fsp3) is 0.741. The van der Waals surface area contributed by atoms with E-state index < -0.39 is 0 Å². The van der Waals surface area contributed by atoms with Gasteiger partial charge in [0.2, 0.25) is 11.9 Å². The molecule has 1 N–H and O–H groups in total. The Morgan fingerprint density at radius 3 is 2.16 bits per heavy atom. The largest absolute Gasteiger partial charge is 0.293 e. The van der Waals surface area contributed by atoms with Gasteiger partial charge in [-0.3, -0.25) is 10.1 Å². The molecule has 5 rings (SSSR count). The molecule has 3 aliphatic carbocycles. The van der Waals surface area contributed by atoms with Gasteiger partial charge in [0, 0.05) is 23.5 Å². The zero-order chi connectivity index (χ0) is 23.0. The number of amides is 1. The zero-order valence-corrected chi connectivity index (χ0v) is 20.8. The van der Waals surface area contributed by atoms with Crippen LogP contribution in [0.3, 0.4) is 0 Å². The van der Waals surface area contributed by atoms with Gasteiger partial charge in [0.1, 0.15) is 0 Å². The third kappa shape index (κ3) is 2.78. The van der Waals surface area contributed by atoms with E-state index in [1.165, 1.54) is 70.4 Å². The molecule has 3 saturated carbocycles. The second kappa shape index (κ2) is 6.80. The standard InChI is InChI=1S/C27H40N4O/c1-19(32)28-22-29-21-10-13-23(2,3)18-20(31(21)30-22)27-16-14-24(4)11-8-7-9-12-25(5,15-17-27)26(24,27)6/h10,13,18H,7-9,11-12,14-17H2,1-6H3,(H,28,30,32). The molecule has 5 nitrogen and oxygen atoms in total. The third-order valence-corrected chi connectivity index (χ3v) is 10.3. The van der Waals surface area contributed by atoms with Crippen molar-refractivity contribution in [2.24, 2.45) is 27.1 Å². The van der Waals surface area contributed by atoms with Gasteiger partial charge in [-0.15, -0.1) is 5.10 Å². The molecule has 0 aromatic carbocycles. The average molecular weight is 437 g/mol. The highest BCUT2D eigenvalue weighted by molar-refractivity contribution is 5.86. The molecule has 4 aliphatic rings. The van der Waals surface area contributed by atoms with Gasteiger partial charge in [-0.1, -0.05) is 66.0 Å². The minimum atomic E-state index is -0.132. The van der Waals surface area contributed by atoms with Crippen LogP contribution in [0.4, 0.5) is 5.95 Å². The maximum absolute atomic E-state index is 11.7. The van der Waals surface area contributed by atoms with Crippen LogP contribution in [-0.2, 0) is 4.79 Å². The summed E-state index contributed by atoms with van der Waals surface area (Å²) < 4.78 is 2.08. The Labute approximate surface area is 193 Å². The Balaban J connectivity index is 1.72. The number of rotatable bonds is 2. The van der Waals surface area contributed by atoms with Crippen molar-refractivity contribution in [3.05, 3.63) is 18.0 Å². The molecule has 2 atom stereocenters. The van der Waals surface area contributed by atoms with Gasteiger partial charge >= 0.3 is 0 Å². The number of carbonyl (C=O) groups excluding carboxylic acids is 1. The van der Waals surface area contributed by atoms with E-state index in [9.17, 15) is 4.79 Å². The number of hydrogen-bond acceptors (Lipinski definition) is 3. The molecule has 0 spiro atoms. The number of nitrogens with one attached hydrogen (secondary N) is 1. The molecule has 1 aromatic heterocycles. The Morgan fingerprint density at radius 2 is 1.56 bits per heavy atom. The van der Waals surface area contributed by atoms with Crippen molar-refractivity contribution in [3.8, 4) is 0 Å². The summed E-state index contributed by atoms with van der Waals surface area (Å²) in [4.78, 5) is 16.4. The topological polar surface area (TPSA) is 59.8 Å². The molecule has 0 saturated heterocycles. The van der Waals surface area contributed by atoms with Crippen LogP contribution in [0.5, 0.6) is 0 Å². The second-order valence-electron chi connectivity index (χ2n) is 12.5. The lowest BCUT2D eigenvalue weighted by atomic mass is 9.47. The smallest absolute Gasteiger partial charge is 0.249 e. The van der Waals surface area contributed by atoms with Crippen molar-refractivity contribution in [2.45, 2.75) is 99.3 Å². The molecule has 0 radical (unpaired) electrons. The lowest BCUT2D eigenvalue weighted by Gasteiger charge is -2.57. The number of fused-ring (bicyclic) bond motifs is 1. The lowest BCUT2D eigenvalue weighted by Crippen LogP contribution is -2.51. The number of anilines is 1. The molecular weight excluding hydrogens is 396 g/mol. The summed E-state index contributed by atoms with van der Waals surface area (Å²) in [6, 6.07) is 0. The van der Waals surface area contributed by atoms with E-state index in [0.29, 0.717) is 16.8 Å². The normalized spacial score (nSPS) is 40.0. The van der Waals surface area contributed by atoms with Gasteiger partial charge in [0.25, 0.3) is 0 Å². The van der Waals surface area contributed by atoms with Crippen LogP contribution in [0.2, 0.25) is 0 Å². The van der Waals surface area contributed by atoms with E-state index in [1.807, 2.05) is 0 Å². The number of carbonyl (C=O) groups is 1. The summed E-state index contributed by atoms with van der Waals surface area (Å²) in [7, 11) is 0. The first-order chi connectivity index (χ1) is 15.0. The van der Waals surface area contributed by atoms with Crippen molar-refractivity contribution in [3.63, 3.8) is 0 Å². The molecule has 1 aromatic rings. The summed E-state index contributed by atoms with van der Waals surface area (Å²) in [5.41, 5.74) is 2.21. The minimum absolute atomic E-state index is 0.0728. The predicted octanol–water partition coefficient (Wildman–Crippen LogP) is 6.69. The first kappa shape index (κ1) is 21.9. The summed E-state index contributed by atoms with van der Waals surface area (Å²) in [5, 5.41) is 7.68. The Kier molecular flexibility index (Phi) is 4.66. The van der Waals surface area contributed by atoms with Crippen LogP contribution in [-0.4, -0.2) is 20.7 Å². The van der Waals surface area contributed by atoms with Crippen molar-refractivity contribution in [1.82, 2.24) is 14.8 Å². The van der Waals surface area contributed by atoms with Crippen LogP contribution in [0.1, 0.15) is 105 Å². The van der Waals surface area contributed by atoms with Gasteiger partial charge in [0.05, 0.1) is 0 Å². The zero-order valence-electron chi connectivity index (χ0n) is 20.8. The van der Waals surface area contributed by atoms with E-state index >= 15 is 0 Å². The highest BCUT2D eigenvalue weighted by atomic mass is 16.1. The Bertz CT molecular complexity index is 991. The maximum Gasteiger partial charge on any atom is 0.249 e. The van der Waals surface area contributed by atoms with Crippen LogP contribution in [0.25, 0.3) is 11.8 Å². The van der Waals surface area contributed by atoms with Gasteiger partial charge in [-0.2, -0.15) is 4.98 Å². The highest BCUT2D eigenvalue weighted by Crippen LogP contribution is 2.81. The predicted molar refractivity (Wildman–Crippen MR) is 130 cm³/mol. The van der Waals surface area contributed by atoms with Crippen molar-refractivity contribution in [2.75, 3.05) is 5.32 Å². The summed E-state index contributed by atoms with van der Waals surface area (Å²) in [5.74, 6) is 1.10. The Hall–Kier alpha value is -1.91. The van der Waals surface area contributed by atoms with Gasteiger partial charge in [-0.25, -0.2) is 4.68 Å². The molecule has 2 heterocycles. The SMILES string of the molecule is CC(=O)Nc1nc2n(n1)C(C13CCC4(C)CCCCCC(C)(CC1)C43C)=CC(C)(C)C=C2. The molecule has 1 amide bonds. The molecule has 32 heavy (non-hydrogen) atoms. The average Bonchev–Trinajstić information content (AvgIpc) is 3.24. The van der Waals surface area contributed by atoms with Crippen molar-refractivity contribution >= 4 is 23.6 Å². The van der Waals surface area contributed by atoms with Crippen LogP contribution in [0.15, 0.2) is 12.2 Å². The van der Waals surface area contributed by atoms with E-state index in [2.05, 4.69) is 62.8 Å². The number of hydrogen-bond donors (Lipinski definition) is 1. The summed E-state index contributed by atoms with van der Waals surface area (Å²) >= 11 is 0. The quantitative estimate of drug-likeness (QED) is 0.562. The van der Waals surface area contributed by atoms with Gasteiger partial charge < -0.3 is 0 Å². The molecule has 0 bridgehead atoms. The summed E-state index contributed by atoms with van der Waals surface area (Å²) in [6.07, 6.45) is 18.5. The first-order valence-electron chi connectivity index (χ1n) is 12.6. The molecular formula is C27H40N4O. The highest BCUT2D eigenvalue weighted by Gasteiger charge is 2.73. The molecule has 1 aliphatic heterocycles. The molecule has 2 unspecified atom stereocenters. The van der Waals surface area contributed by atoms with Gasteiger partial charge in [0.15, 0.2) is 5.82 Å². The number of nitrogens with zero attached hydrogens (tertiary/aromatic N) is 3. The monoisotopic (exact) mass is 436 g/mol. The van der Waals surface area contributed by atoms with Crippen molar-refractivity contribution < 1.29 is 4.79 Å². The molecule has 174 valence electrons. The fourth-order valence-corrected chi connectivity index (χ4v) is 8.37. The number of aromatic nitrogens is 3. The third-order valence-electron chi connectivity index (χ3n) is 10.3. The molecule has 3 fully saturated rings. The van der Waals surface area contributed by atoms with Gasteiger partial charge in [-0.05, 0) is 60.8 Å². The fourth-order valence-electron chi connectivity index (χ4n) is 8.37. The van der Waals surface area contributed by atoms with Crippen LogP contribution < -0.4 is 5.32 Å². The van der Waals surface area contributed by atoms with Crippen LogP contribution in [0, 0.1) is 27.1 Å². The lowest BCUT2D eigenvalue weighted by molar-refractivity contribution is -0.114. The second-order valence-corrected chi connectivity index (χ2v) is 12.5. The number of allylic oxidation sites excluding steroid dienone is 3. The van der Waals surface area contributed by atoms with Crippen molar-refractivity contribution in [1.29, 1.82) is 0 Å². The van der Waals surface area contributed by atoms with Crippen LogP contribution >= 0.6 is 0 Å².